The zero-order chi connectivity index (χ0) is 13.4. The SMILES string of the molecule is CC.CC/C(O)=C(\C=C(/C)CC)C(C)(C)C. The van der Waals surface area contributed by atoms with E-state index in [4.69, 9.17) is 0 Å². The Labute approximate surface area is 102 Å². The first-order valence-electron chi connectivity index (χ1n) is 6.42. The highest BCUT2D eigenvalue weighted by Crippen LogP contribution is 2.30. The topological polar surface area (TPSA) is 20.2 Å². The number of hydrogen-bond acceptors (Lipinski definition) is 1. The summed E-state index contributed by atoms with van der Waals surface area (Å²) in [5.41, 5.74) is 2.41. The van der Waals surface area contributed by atoms with Crippen molar-refractivity contribution in [1.29, 1.82) is 0 Å². The van der Waals surface area contributed by atoms with Gasteiger partial charge in [0.25, 0.3) is 0 Å². The smallest absolute Gasteiger partial charge is 0.0957 e. The van der Waals surface area contributed by atoms with Gasteiger partial charge in [0.05, 0.1) is 5.76 Å². The van der Waals surface area contributed by atoms with Crippen molar-refractivity contribution in [3.63, 3.8) is 0 Å². The van der Waals surface area contributed by atoms with E-state index in [-0.39, 0.29) is 5.41 Å². The Hall–Kier alpha value is -0.720. The van der Waals surface area contributed by atoms with Crippen molar-refractivity contribution in [2.45, 2.75) is 68.2 Å². The summed E-state index contributed by atoms with van der Waals surface area (Å²) >= 11 is 0. The summed E-state index contributed by atoms with van der Waals surface area (Å²) in [5, 5.41) is 9.83. The Bertz CT molecular complexity index is 239. The van der Waals surface area contributed by atoms with Crippen molar-refractivity contribution in [2.75, 3.05) is 0 Å². The molecule has 0 unspecified atom stereocenters. The molecule has 0 amide bonds. The molecule has 0 radical (unpaired) electrons. The van der Waals surface area contributed by atoms with Gasteiger partial charge in [-0.15, -0.1) is 0 Å². The number of allylic oxidation sites excluding steroid dienone is 4. The lowest BCUT2D eigenvalue weighted by atomic mass is 9.84. The predicted octanol–water partition coefficient (Wildman–Crippen LogP) is 5.64. The summed E-state index contributed by atoms with van der Waals surface area (Å²) in [6, 6.07) is 0. The summed E-state index contributed by atoms with van der Waals surface area (Å²) < 4.78 is 0. The Morgan fingerprint density at radius 1 is 1.06 bits per heavy atom. The van der Waals surface area contributed by atoms with E-state index in [1.54, 1.807) is 0 Å². The lowest BCUT2D eigenvalue weighted by Gasteiger charge is -2.22. The fourth-order valence-electron chi connectivity index (χ4n) is 1.27. The molecule has 0 spiro atoms. The number of hydrogen-bond donors (Lipinski definition) is 1. The zero-order valence-electron chi connectivity index (χ0n) is 12.4. The molecule has 0 fully saturated rings. The van der Waals surface area contributed by atoms with E-state index in [1.165, 1.54) is 5.57 Å². The summed E-state index contributed by atoms with van der Waals surface area (Å²) in [6.45, 7) is 16.6. The Balaban J connectivity index is 0. The van der Waals surface area contributed by atoms with E-state index in [1.807, 2.05) is 20.8 Å². The van der Waals surface area contributed by atoms with E-state index >= 15 is 0 Å². The Morgan fingerprint density at radius 2 is 1.50 bits per heavy atom. The Morgan fingerprint density at radius 3 is 1.75 bits per heavy atom. The van der Waals surface area contributed by atoms with Gasteiger partial charge in [-0.1, -0.05) is 60.1 Å². The van der Waals surface area contributed by atoms with Crippen molar-refractivity contribution < 1.29 is 5.11 Å². The van der Waals surface area contributed by atoms with Crippen LogP contribution in [0.15, 0.2) is 23.0 Å². The first-order chi connectivity index (χ1) is 7.32. The number of rotatable bonds is 3. The highest BCUT2D eigenvalue weighted by molar-refractivity contribution is 5.30. The van der Waals surface area contributed by atoms with Gasteiger partial charge in [-0.3, -0.25) is 0 Å². The van der Waals surface area contributed by atoms with Crippen LogP contribution in [0, 0.1) is 5.41 Å². The molecule has 96 valence electrons. The molecule has 0 rings (SSSR count). The second-order valence-corrected chi connectivity index (χ2v) is 4.81. The minimum Gasteiger partial charge on any atom is -0.512 e. The highest BCUT2D eigenvalue weighted by atomic mass is 16.3. The molecule has 0 aromatic heterocycles. The van der Waals surface area contributed by atoms with Crippen molar-refractivity contribution >= 4 is 0 Å². The van der Waals surface area contributed by atoms with Crippen LogP contribution in [0.3, 0.4) is 0 Å². The van der Waals surface area contributed by atoms with Crippen LogP contribution in [0.4, 0.5) is 0 Å². The van der Waals surface area contributed by atoms with Gasteiger partial charge >= 0.3 is 0 Å². The van der Waals surface area contributed by atoms with Gasteiger partial charge in [-0.25, -0.2) is 0 Å². The van der Waals surface area contributed by atoms with E-state index in [9.17, 15) is 5.11 Å². The summed E-state index contributed by atoms with van der Waals surface area (Å²) in [5.74, 6) is 0.519. The van der Waals surface area contributed by atoms with Crippen molar-refractivity contribution in [3.05, 3.63) is 23.0 Å². The van der Waals surface area contributed by atoms with Gasteiger partial charge < -0.3 is 5.11 Å². The van der Waals surface area contributed by atoms with Crippen molar-refractivity contribution in [2.24, 2.45) is 5.41 Å². The van der Waals surface area contributed by atoms with Gasteiger partial charge in [0, 0.05) is 6.42 Å². The lowest BCUT2D eigenvalue weighted by Crippen LogP contribution is -2.10. The molecule has 16 heavy (non-hydrogen) atoms. The molecule has 0 saturated heterocycles. The molecule has 0 aliphatic rings. The molecule has 0 aromatic rings. The molecule has 0 aliphatic heterocycles. The molecule has 0 bridgehead atoms. The van der Waals surface area contributed by atoms with Gasteiger partial charge in [0.15, 0.2) is 0 Å². The molecular formula is C15H30O. The third-order valence-electron chi connectivity index (χ3n) is 2.40. The first kappa shape index (κ1) is 17.7. The highest BCUT2D eigenvalue weighted by Gasteiger charge is 2.18. The van der Waals surface area contributed by atoms with Crippen LogP contribution < -0.4 is 0 Å². The maximum Gasteiger partial charge on any atom is 0.0957 e. The van der Waals surface area contributed by atoms with Crippen LogP contribution in [-0.4, -0.2) is 5.11 Å². The van der Waals surface area contributed by atoms with Gasteiger partial charge in [-0.05, 0) is 24.3 Å². The molecule has 0 aromatic carbocycles. The van der Waals surface area contributed by atoms with Crippen LogP contribution in [0.1, 0.15) is 68.2 Å². The summed E-state index contributed by atoms with van der Waals surface area (Å²) in [7, 11) is 0. The van der Waals surface area contributed by atoms with E-state index < -0.39 is 0 Å². The van der Waals surface area contributed by atoms with E-state index in [0.717, 1.165) is 12.0 Å². The number of aliphatic hydroxyl groups is 1. The molecule has 0 saturated carbocycles. The van der Waals surface area contributed by atoms with Gasteiger partial charge in [0.2, 0.25) is 0 Å². The minimum absolute atomic E-state index is 0.0243. The molecule has 1 N–H and O–H groups in total. The lowest BCUT2D eigenvalue weighted by molar-refractivity contribution is 0.364. The summed E-state index contributed by atoms with van der Waals surface area (Å²) in [4.78, 5) is 0. The maximum absolute atomic E-state index is 9.83. The van der Waals surface area contributed by atoms with Crippen LogP contribution >= 0.6 is 0 Å². The minimum atomic E-state index is 0.0243. The van der Waals surface area contributed by atoms with Crippen LogP contribution in [0.2, 0.25) is 0 Å². The average molecular weight is 226 g/mol. The normalized spacial score (nSPS) is 13.9. The molecule has 1 nitrogen and oxygen atoms in total. The van der Waals surface area contributed by atoms with Crippen LogP contribution in [0.25, 0.3) is 0 Å². The second kappa shape index (κ2) is 8.43. The van der Waals surface area contributed by atoms with E-state index in [2.05, 4.69) is 40.7 Å². The monoisotopic (exact) mass is 226 g/mol. The zero-order valence-corrected chi connectivity index (χ0v) is 12.4. The quantitative estimate of drug-likeness (QED) is 0.488. The summed E-state index contributed by atoms with van der Waals surface area (Å²) in [6.07, 6.45) is 3.87. The molecule has 0 atom stereocenters. The first-order valence-corrected chi connectivity index (χ1v) is 6.42. The molecule has 1 heteroatoms. The predicted molar refractivity (Wildman–Crippen MR) is 74.8 cm³/mol. The second-order valence-electron chi connectivity index (χ2n) is 4.81. The third-order valence-corrected chi connectivity index (χ3v) is 2.40. The van der Waals surface area contributed by atoms with Crippen LogP contribution in [0.5, 0.6) is 0 Å². The fourth-order valence-corrected chi connectivity index (χ4v) is 1.27. The van der Waals surface area contributed by atoms with Gasteiger partial charge in [0.1, 0.15) is 0 Å². The molecule has 0 heterocycles. The van der Waals surface area contributed by atoms with E-state index in [0.29, 0.717) is 12.2 Å². The molecular weight excluding hydrogens is 196 g/mol. The standard InChI is InChI=1S/C13H24O.C2H6/c1-7-10(3)9-11(12(14)8-2)13(4,5)6;1-2/h9,14H,7-8H2,1-6H3;1-2H3/b10-9+,12-11-;. The third kappa shape index (κ3) is 6.71. The average Bonchev–Trinajstić information content (AvgIpc) is 2.25. The van der Waals surface area contributed by atoms with Crippen LogP contribution in [-0.2, 0) is 0 Å². The van der Waals surface area contributed by atoms with Crippen molar-refractivity contribution in [3.8, 4) is 0 Å². The van der Waals surface area contributed by atoms with Gasteiger partial charge in [-0.2, -0.15) is 0 Å². The molecule has 0 aliphatic carbocycles. The maximum atomic E-state index is 9.83. The Kier molecular flexibility index (Phi) is 9.31. The largest absolute Gasteiger partial charge is 0.512 e. The van der Waals surface area contributed by atoms with Crippen molar-refractivity contribution in [1.82, 2.24) is 0 Å². The number of aliphatic hydroxyl groups excluding tert-OH is 1. The fraction of sp³-hybridized carbons (Fsp3) is 0.733.